The van der Waals surface area contributed by atoms with Gasteiger partial charge in [-0.1, -0.05) is 0 Å². The molecule has 0 aliphatic heterocycles. The lowest BCUT2D eigenvalue weighted by atomic mass is 10.1. The van der Waals surface area contributed by atoms with Crippen LogP contribution in [0.1, 0.15) is 49.4 Å². The minimum absolute atomic E-state index is 0.179. The summed E-state index contributed by atoms with van der Waals surface area (Å²) in [6.07, 6.45) is 0. The number of aromatic amines is 1. The van der Waals surface area contributed by atoms with Crippen molar-refractivity contribution in [3.8, 4) is 0 Å². The Morgan fingerprint density at radius 2 is 1.95 bits per heavy atom. The van der Waals surface area contributed by atoms with E-state index in [9.17, 15) is 9.59 Å². The maximum atomic E-state index is 12.2. The van der Waals surface area contributed by atoms with Crippen LogP contribution in [0.4, 0.5) is 0 Å². The van der Waals surface area contributed by atoms with Crippen LogP contribution in [0.2, 0.25) is 0 Å². The van der Waals surface area contributed by atoms with Crippen LogP contribution in [0.5, 0.6) is 0 Å². The molecule has 0 unspecified atom stereocenters. The summed E-state index contributed by atoms with van der Waals surface area (Å²) in [7, 11) is 1.31. The predicted octanol–water partition coefficient (Wildman–Crippen LogP) is 1.95. The number of methoxy groups -OCH3 is 1. The van der Waals surface area contributed by atoms with Crippen LogP contribution in [0.3, 0.4) is 0 Å². The van der Waals surface area contributed by atoms with Gasteiger partial charge in [-0.3, -0.25) is 4.79 Å². The number of nitrogens with one attached hydrogen (secondary N) is 2. The van der Waals surface area contributed by atoms with E-state index in [1.165, 1.54) is 7.11 Å². The maximum absolute atomic E-state index is 12.2. The Morgan fingerprint density at radius 1 is 1.27 bits per heavy atom. The average molecular weight is 305 g/mol. The number of hydrogen-bond acceptors (Lipinski definition) is 5. The van der Waals surface area contributed by atoms with Gasteiger partial charge in [0.25, 0.3) is 5.91 Å². The number of hydrogen-bond donors (Lipinski definition) is 2. The molecule has 0 aliphatic carbocycles. The number of oxazole rings is 1. The summed E-state index contributed by atoms with van der Waals surface area (Å²) in [5.74, 6) is 0.370. The molecule has 2 aromatic rings. The summed E-state index contributed by atoms with van der Waals surface area (Å²) < 4.78 is 10.1. The van der Waals surface area contributed by atoms with Gasteiger partial charge < -0.3 is 19.5 Å². The van der Waals surface area contributed by atoms with Crippen molar-refractivity contribution >= 4 is 11.9 Å². The van der Waals surface area contributed by atoms with Gasteiger partial charge in [-0.15, -0.1) is 0 Å². The van der Waals surface area contributed by atoms with Gasteiger partial charge in [0.05, 0.1) is 24.9 Å². The highest BCUT2D eigenvalue weighted by atomic mass is 16.5. The molecule has 0 saturated carbocycles. The molecule has 2 aromatic heterocycles. The Bertz CT molecular complexity index is 708. The van der Waals surface area contributed by atoms with Crippen LogP contribution in [0, 0.1) is 27.7 Å². The topological polar surface area (TPSA) is 97.2 Å². The third kappa shape index (κ3) is 2.88. The van der Waals surface area contributed by atoms with Crippen molar-refractivity contribution in [2.75, 3.05) is 7.11 Å². The SMILES string of the molecule is COC(=O)c1c(C)[nH]c(C(=O)NCc2nc(C)c(C)o2)c1C. The molecule has 0 bridgehead atoms. The zero-order chi connectivity index (χ0) is 16.4. The molecule has 0 fully saturated rings. The van der Waals surface area contributed by atoms with Crippen molar-refractivity contribution in [1.29, 1.82) is 0 Å². The molecular formula is C15H19N3O4. The fraction of sp³-hybridized carbons (Fsp3) is 0.400. The number of aromatic nitrogens is 2. The summed E-state index contributed by atoms with van der Waals surface area (Å²) in [5, 5.41) is 2.72. The van der Waals surface area contributed by atoms with E-state index in [1.807, 2.05) is 13.8 Å². The molecule has 2 rings (SSSR count). The molecular weight excluding hydrogens is 286 g/mol. The Kier molecular flexibility index (Phi) is 4.35. The second kappa shape index (κ2) is 6.05. The summed E-state index contributed by atoms with van der Waals surface area (Å²) in [4.78, 5) is 31.1. The highest BCUT2D eigenvalue weighted by molar-refractivity contribution is 6.00. The molecule has 0 atom stereocenters. The first-order valence-electron chi connectivity index (χ1n) is 6.83. The fourth-order valence-electron chi connectivity index (χ4n) is 2.24. The van der Waals surface area contributed by atoms with Crippen molar-refractivity contribution in [2.24, 2.45) is 0 Å². The van der Waals surface area contributed by atoms with Gasteiger partial charge >= 0.3 is 5.97 Å². The molecule has 7 heteroatoms. The van der Waals surface area contributed by atoms with Crippen molar-refractivity contribution in [1.82, 2.24) is 15.3 Å². The summed E-state index contributed by atoms with van der Waals surface area (Å²) in [6, 6.07) is 0. The van der Waals surface area contributed by atoms with Crippen LogP contribution in [0.25, 0.3) is 0 Å². The third-order valence-corrected chi connectivity index (χ3v) is 3.53. The van der Waals surface area contributed by atoms with Crippen LogP contribution in [0.15, 0.2) is 4.42 Å². The summed E-state index contributed by atoms with van der Waals surface area (Å²) in [6.45, 7) is 7.25. The van der Waals surface area contributed by atoms with Crippen LogP contribution in [-0.2, 0) is 11.3 Å². The number of nitrogens with zero attached hydrogens (tertiary/aromatic N) is 1. The Morgan fingerprint density at radius 3 is 2.50 bits per heavy atom. The van der Waals surface area contributed by atoms with E-state index in [1.54, 1.807) is 13.8 Å². The summed E-state index contributed by atoms with van der Waals surface area (Å²) in [5.41, 5.74) is 2.66. The van der Waals surface area contributed by atoms with E-state index >= 15 is 0 Å². The van der Waals surface area contributed by atoms with Crippen molar-refractivity contribution in [2.45, 2.75) is 34.2 Å². The lowest BCUT2D eigenvalue weighted by molar-refractivity contribution is 0.0599. The van der Waals surface area contributed by atoms with Crippen molar-refractivity contribution < 1.29 is 18.7 Å². The maximum Gasteiger partial charge on any atom is 0.339 e. The number of carbonyl (C=O) groups is 2. The first-order chi connectivity index (χ1) is 10.3. The van der Waals surface area contributed by atoms with Gasteiger partial charge in [-0.25, -0.2) is 9.78 Å². The molecule has 0 spiro atoms. The Hall–Kier alpha value is -2.57. The average Bonchev–Trinajstić information content (AvgIpc) is 2.95. The van der Waals surface area contributed by atoms with E-state index in [2.05, 4.69) is 15.3 Å². The smallest absolute Gasteiger partial charge is 0.339 e. The normalized spacial score (nSPS) is 10.6. The van der Waals surface area contributed by atoms with E-state index in [0.717, 1.165) is 11.5 Å². The predicted molar refractivity (Wildman–Crippen MR) is 78.8 cm³/mol. The number of esters is 1. The zero-order valence-corrected chi connectivity index (χ0v) is 13.3. The monoisotopic (exact) mass is 305 g/mol. The lowest BCUT2D eigenvalue weighted by Gasteiger charge is -2.03. The lowest BCUT2D eigenvalue weighted by Crippen LogP contribution is -2.24. The van der Waals surface area contributed by atoms with Crippen molar-refractivity contribution in [3.05, 3.63) is 39.9 Å². The number of aryl methyl sites for hydroxylation is 3. The number of carbonyl (C=O) groups excluding carboxylic acids is 2. The van der Waals surface area contributed by atoms with E-state index in [-0.39, 0.29) is 12.5 Å². The second-order valence-electron chi connectivity index (χ2n) is 5.05. The molecule has 1 amide bonds. The van der Waals surface area contributed by atoms with Gasteiger partial charge in [-0.05, 0) is 33.3 Å². The zero-order valence-electron chi connectivity index (χ0n) is 13.3. The first kappa shape index (κ1) is 15.8. The standard InChI is InChI=1S/C15H19N3O4/c1-7-12(15(20)21-5)9(3)18-13(7)14(19)16-6-11-17-8(2)10(4)22-11/h18H,6H2,1-5H3,(H,16,19). The molecule has 2 heterocycles. The quantitative estimate of drug-likeness (QED) is 0.841. The second-order valence-corrected chi connectivity index (χ2v) is 5.05. The van der Waals surface area contributed by atoms with Crippen LogP contribution >= 0.6 is 0 Å². The molecule has 0 radical (unpaired) electrons. The molecule has 0 aliphatic rings. The number of amides is 1. The number of rotatable bonds is 4. The summed E-state index contributed by atoms with van der Waals surface area (Å²) >= 11 is 0. The molecule has 0 aromatic carbocycles. The van der Waals surface area contributed by atoms with Crippen LogP contribution < -0.4 is 5.32 Å². The Labute approximate surface area is 128 Å². The van der Waals surface area contributed by atoms with Gasteiger partial charge in [0.15, 0.2) is 0 Å². The minimum Gasteiger partial charge on any atom is -0.465 e. The molecule has 2 N–H and O–H groups in total. The fourth-order valence-corrected chi connectivity index (χ4v) is 2.24. The van der Waals surface area contributed by atoms with Crippen LogP contribution in [-0.4, -0.2) is 29.0 Å². The minimum atomic E-state index is -0.468. The highest BCUT2D eigenvalue weighted by Crippen LogP contribution is 2.19. The molecule has 7 nitrogen and oxygen atoms in total. The Balaban J connectivity index is 2.15. The van der Waals surface area contributed by atoms with E-state index in [4.69, 9.17) is 9.15 Å². The van der Waals surface area contributed by atoms with Gasteiger partial charge in [-0.2, -0.15) is 0 Å². The number of H-pyrrole nitrogens is 1. The largest absolute Gasteiger partial charge is 0.465 e. The van der Waals surface area contributed by atoms with Crippen molar-refractivity contribution in [3.63, 3.8) is 0 Å². The van der Waals surface area contributed by atoms with Gasteiger partial charge in [0.2, 0.25) is 5.89 Å². The molecule has 0 saturated heterocycles. The van der Waals surface area contributed by atoms with Gasteiger partial charge in [0, 0.05) is 5.69 Å². The number of ether oxygens (including phenoxy) is 1. The molecule has 22 heavy (non-hydrogen) atoms. The molecule has 118 valence electrons. The highest BCUT2D eigenvalue weighted by Gasteiger charge is 2.22. The first-order valence-corrected chi connectivity index (χ1v) is 6.83. The van der Waals surface area contributed by atoms with Gasteiger partial charge in [0.1, 0.15) is 11.5 Å². The van der Waals surface area contributed by atoms with E-state index in [0.29, 0.717) is 28.4 Å². The third-order valence-electron chi connectivity index (χ3n) is 3.53. The van der Waals surface area contributed by atoms with E-state index < -0.39 is 5.97 Å².